The van der Waals surface area contributed by atoms with E-state index in [-0.39, 0.29) is 11.7 Å². The fourth-order valence-corrected chi connectivity index (χ4v) is 2.81. The highest BCUT2D eigenvalue weighted by Gasteiger charge is 2.15. The first kappa shape index (κ1) is 19.0. The van der Waals surface area contributed by atoms with Crippen LogP contribution in [0.4, 0.5) is 11.4 Å². The molecular weight excluding hydrogens is 387 g/mol. The molecule has 0 atom stereocenters. The number of anilines is 2. The molecule has 0 saturated carbocycles. The summed E-state index contributed by atoms with van der Waals surface area (Å²) < 4.78 is 5.63. The summed E-state index contributed by atoms with van der Waals surface area (Å²) in [6, 6.07) is 15.3. The third-order valence-corrected chi connectivity index (χ3v) is 4.59. The molecule has 0 aliphatic carbocycles. The summed E-state index contributed by atoms with van der Waals surface area (Å²) >= 11 is 12.2. The molecule has 0 fully saturated rings. The van der Waals surface area contributed by atoms with Crippen LogP contribution in [0.2, 0.25) is 10.0 Å². The fourth-order valence-electron chi connectivity index (χ4n) is 2.42. The number of hydrogen-bond donors (Lipinski definition) is 2. The minimum atomic E-state index is -0.418. The van der Waals surface area contributed by atoms with Crippen LogP contribution in [0.15, 0.2) is 59.0 Å². The van der Waals surface area contributed by atoms with E-state index in [1.165, 1.54) is 0 Å². The van der Waals surface area contributed by atoms with E-state index in [4.69, 9.17) is 27.6 Å². The summed E-state index contributed by atoms with van der Waals surface area (Å²) in [6.07, 6.45) is 0.373. The molecule has 0 aliphatic heterocycles. The average Bonchev–Trinajstić information content (AvgIpc) is 3.14. The molecule has 2 N–H and O–H groups in total. The molecule has 5 nitrogen and oxygen atoms in total. The van der Waals surface area contributed by atoms with Crippen LogP contribution in [0, 0.1) is 0 Å². The van der Waals surface area contributed by atoms with Gasteiger partial charge in [0.2, 0.25) is 5.91 Å². The quantitative estimate of drug-likeness (QED) is 0.561. The first-order valence-corrected chi connectivity index (χ1v) is 8.99. The van der Waals surface area contributed by atoms with Crippen LogP contribution < -0.4 is 10.6 Å². The Morgan fingerprint density at radius 2 is 1.67 bits per heavy atom. The van der Waals surface area contributed by atoms with Gasteiger partial charge < -0.3 is 15.1 Å². The Hall–Kier alpha value is -2.76. The molecule has 1 aromatic heterocycles. The third kappa shape index (κ3) is 4.51. The molecule has 138 valence electrons. The van der Waals surface area contributed by atoms with Gasteiger partial charge in [-0.1, -0.05) is 42.3 Å². The van der Waals surface area contributed by atoms with Crippen LogP contribution in [0.5, 0.6) is 0 Å². The largest absolute Gasteiger partial charge is 0.451 e. The van der Waals surface area contributed by atoms with Gasteiger partial charge in [-0.3, -0.25) is 9.59 Å². The van der Waals surface area contributed by atoms with Gasteiger partial charge in [0.1, 0.15) is 5.76 Å². The number of hydrogen-bond acceptors (Lipinski definition) is 3. The Bertz CT molecular complexity index is 998. The minimum absolute atomic E-state index is 0.104. The van der Waals surface area contributed by atoms with Crippen LogP contribution in [0.1, 0.15) is 23.9 Å². The van der Waals surface area contributed by atoms with E-state index >= 15 is 0 Å². The van der Waals surface area contributed by atoms with Gasteiger partial charge >= 0.3 is 0 Å². The average molecular weight is 403 g/mol. The predicted octanol–water partition coefficient (Wildman–Crippen LogP) is 5.85. The van der Waals surface area contributed by atoms with Crippen molar-refractivity contribution < 1.29 is 14.0 Å². The van der Waals surface area contributed by atoms with Crippen molar-refractivity contribution in [1.29, 1.82) is 0 Å². The summed E-state index contributed by atoms with van der Waals surface area (Å²) in [5.74, 6) is 0.0478. The lowest BCUT2D eigenvalue weighted by Gasteiger charge is -2.07. The number of halogens is 2. The van der Waals surface area contributed by atoms with Crippen molar-refractivity contribution in [3.63, 3.8) is 0 Å². The summed E-state index contributed by atoms with van der Waals surface area (Å²) in [7, 11) is 0. The van der Waals surface area contributed by atoms with Crippen LogP contribution in [-0.4, -0.2) is 11.8 Å². The van der Waals surface area contributed by atoms with Crippen LogP contribution in [0.3, 0.4) is 0 Å². The number of rotatable bonds is 5. The van der Waals surface area contributed by atoms with Crippen molar-refractivity contribution in [2.45, 2.75) is 13.3 Å². The molecule has 0 bridgehead atoms. The lowest BCUT2D eigenvalue weighted by atomic mass is 10.2. The number of furan rings is 1. The van der Waals surface area contributed by atoms with Crippen molar-refractivity contribution in [3.8, 4) is 11.3 Å². The molecule has 27 heavy (non-hydrogen) atoms. The van der Waals surface area contributed by atoms with E-state index in [1.54, 1.807) is 61.5 Å². The molecule has 0 saturated heterocycles. The lowest BCUT2D eigenvalue weighted by molar-refractivity contribution is -0.115. The van der Waals surface area contributed by atoms with Gasteiger partial charge in [0.15, 0.2) is 5.76 Å². The number of benzene rings is 2. The maximum absolute atomic E-state index is 12.4. The smallest absolute Gasteiger partial charge is 0.291 e. The Kier molecular flexibility index (Phi) is 5.84. The topological polar surface area (TPSA) is 71.3 Å². The summed E-state index contributed by atoms with van der Waals surface area (Å²) in [5, 5.41) is 6.24. The standard InChI is InChI=1S/C20H16Cl2N2O3/c1-2-18(25)23-12-5-3-6-13(11-12)24-20(26)17-10-9-16(27-17)14-7-4-8-15(21)19(14)22/h3-11H,2H2,1H3,(H,23,25)(H,24,26). The van der Waals surface area contributed by atoms with Crippen molar-refractivity contribution in [1.82, 2.24) is 0 Å². The normalized spacial score (nSPS) is 10.5. The van der Waals surface area contributed by atoms with Crippen molar-refractivity contribution >= 4 is 46.4 Å². The lowest BCUT2D eigenvalue weighted by Crippen LogP contribution is -2.12. The molecule has 0 spiro atoms. The monoisotopic (exact) mass is 402 g/mol. The highest BCUT2D eigenvalue weighted by atomic mass is 35.5. The summed E-state index contributed by atoms with van der Waals surface area (Å²) in [5.41, 5.74) is 1.74. The molecule has 3 rings (SSSR count). The molecule has 2 amide bonds. The molecule has 1 heterocycles. The van der Waals surface area contributed by atoms with Gasteiger partial charge in [0, 0.05) is 23.4 Å². The molecule has 3 aromatic rings. The molecule has 0 radical (unpaired) electrons. The molecule has 0 unspecified atom stereocenters. The van der Waals surface area contributed by atoms with E-state index in [2.05, 4.69) is 10.6 Å². The van der Waals surface area contributed by atoms with Gasteiger partial charge in [0.05, 0.1) is 10.0 Å². The van der Waals surface area contributed by atoms with Gasteiger partial charge in [-0.15, -0.1) is 0 Å². The Balaban J connectivity index is 1.76. The summed E-state index contributed by atoms with van der Waals surface area (Å²) in [4.78, 5) is 23.9. The SMILES string of the molecule is CCC(=O)Nc1cccc(NC(=O)c2ccc(-c3cccc(Cl)c3Cl)o2)c1. The highest BCUT2D eigenvalue weighted by Crippen LogP contribution is 2.34. The zero-order chi connectivity index (χ0) is 19.4. The van der Waals surface area contributed by atoms with Crippen LogP contribution >= 0.6 is 23.2 Å². The predicted molar refractivity (Wildman–Crippen MR) is 107 cm³/mol. The van der Waals surface area contributed by atoms with Crippen molar-refractivity contribution in [2.24, 2.45) is 0 Å². The zero-order valence-corrected chi connectivity index (χ0v) is 15.9. The zero-order valence-electron chi connectivity index (χ0n) is 14.4. The van der Waals surface area contributed by atoms with E-state index in [0.717, 1.165) is 0 Å². The van der Waals surface area contributed by atoms with Crippen LogP contribution in [-0.2, 0) is 4.79 Å². The second-order valence-electron chi connectivity index (χ2n) is 5.70. The van der Waals surface area contributed by atoms with E-state index < -0.39 is 5.91 Å². The van der Waals surface area contributed by atoms with E-state index in [1.807, 2.05) is 0 Å². The van der Waals surface area contributed by atoms with E-state index in [0.29, 0.717) is 39.2 Å². The van der Waals surface area contributed by atoms with Crippen molar-refractivity contribution in [2.75, 3.05) is 10.6 Å². The summed E-state index contributed by atoms with van der Waals surface area (Å²) in [6.45, 7) is 1.77. The maximum atomic E-state index is 12.4. The van der Waals surface area contributed by atoms with E-state index in [9.17, 15) is 9.59 Å². The van der Waals surface area contributed by atoms with Gasteiger partial charge in [-0.05, 0) is 42.5 Å². The molecular formula is C20H16Cl2N2O3. The minimum Gasteiger partial charge on any atom is -0.451 e. The fraction of sp³-hybridized carbons (Fsp3) is 0.100. The molecule has 7 heteroatoms. The first-order chi connectivity index (χ1) is 13.0. The third-order valence-electron chi connectivity index (χ3n) is 3.77. The maximum Gasteiger partial charge on any atom is 0.291 e. The van der Waals surface area contributed by atoms with Crippen molar-refractivity contribution in [3.05, 3.63) is 70.4 Å². The van der Waals surface area contributed by atoms with Gasteiger partial charge in [-0.25, -0.2) is 0 Å². The van der Waals surface area contributed by atoms with Gasteiger partial charge in [-0.2, -0.15) is 0 Å². The second kappa shape index (κ2) is 8.29. The molecule has 0 aliphatic rings. The number of carbonyl (C=O) groups excluding carboxylic acids is 2. The van der Waals surface area contributed by atoms with Crippen LogP contribution in [0.25, 0.3) is 11.3 Å². The second-order valence-corrected chi connectivity index (χ2v) is 6.49. The Morgan fingerprint density at radius 3 is 2.41 bits per heavy atom. The number of carbonyl (C=O) groups is 2. The van der Waals surface area contributed by atoms with Gasteiger partial charge in [0.25, 0.3) is 5.91 Å². The Labute approximate surface area is 166 Å². The number of nitrogens with one attached hydrogen (secondary N) is 2. The Morgan fingerprint density at radius 1 is 0.963 bits per heavy atom. The first-order valence-electron chi connectivity index (χ1n) is 8.23. The molecule has 2 aromatic carbocycles. The number of amides is 2. The highest BCUT2D eigenvalue weighted by molar-refractivity contribution is 6.43.